The highest BCUT2D eigenvalue weighted by Crippen LogP contribution is 2.25. The summed E-state index contributed by atoms with van der Waals surface area (Å²) in [6, 6.07) is 5.15. The molecule has 0 aromatic heterocycles. The Morgan fingerprint density at radius 3 is 2.47 bits per heavy atom. The zero-order valence-electron chi connectivity index (χ0n) is 9.26. The van der Waals surface area contributed by atoms with Crippen LogP contribution in [0, 0.1) is 5.82 Å². The molecule has 2 N–H and O–H groups in total. The first-order valence-electron chi connectivity index (χ1n) is 5.38. The minimum absolute atomic E-state index is 0.170. The molecule has 0 heterocycles. The number of hydroxylamine groups is 1. The molecule has 1 aromatic carbocycles. The van der Waals surface area contributed by atoms with E-state index in [4.69, 9.17) is 5.21 Å². The lowest BCUT2D eigenvalue weighted by molar-refractivity contribution is 0.161. The molecule has 0 aliphatic carbocycles. The van der Waals surface area contributed by atoms with Gasteiger partial charge in [-0.05, 0) is 36.0 Å². The van der Waals surface area contributed by atoms with Gasteiger partial charge in [0.2, 0.25) is 0 Å². The van der Waals surface area contributed by atoms with Gasteiger partial charge in [-0.25, -0.2) is 9.87 Å². The van der Waals surface area contributed by atoms with Gasteiger partial charge in [-0.3, -0.25) is 0 Å². The smallest absolute Gasteiger partial charge is 0.127 e. The van der Waals surface area contributed by atoms with E-state index in [-0.39, 0.29) is 12.4 Å². The molecular formula is C12H18FNO. The summed E-state index contributed by atoms with van der Waals surface area (Å²) in [4.78, 5) is 0. The number of hydrogen-bond donors (Lipinski definition) is 2. The Kier molecular flexibility index (Phi) is 4.72. The highest BCUT2D eigenvalue weighted by molar-refractivity contribution is 5.27. The maximum atomic E-state index is 13.7. The van der Waals surface area contributed by atoms with E-state index in [0.29, 0.717) is 5.92 Å². The second-order valence-corrected chi connectivity index (χ2v) is 3.70. The first-order valence-corrected chi connectivity index (χ1v) is 5.38. The van der Waals surface area contributed by atoms with Crippen LogP contribution in [0.5, 0.6) is 0 Å². The zero-order valence-corrected chi connectivity index (χ0v) is 9.26. The molecule has 3 heteroatoms. The van der Waals surface area contributed by atoms with Crippen LogP contribution >= 0.6 is 0 Å². The minimum atomic E-state index is -0.170. The molecule has 1 aromatic rings. The number of nitrogens with one attached hydrogen (secondary N) is 1. The summed E-state index contributed by atoms with van der Waals surface area (Å²) in [6.45, 7) is 4.41. The molecule has 2 nitrogen and oxygen atoms in total. The van der Waals surface area contributed by atoms with Gasteiger partial charge < -0.3 is 5.21 Å². The Labute approximate surface area is 90.1 Å². The average molecular weight is 211 g/mol. The number of halogens is 1. The lowest BCUT2D eigenvalue weighted by Gasteiger charge is -2.14. The molecule has 84 valence electrons. The Morgan fingerprint density at radius 1 is 1.33 bits per heavy atom. The van der Waals surface area contributed by atoms with Gasteiger partial charge in [0.15, 0.2) is 0 Å². The highest BCUT2D eigenvalue weighted by atomic mass is 19.1. The van der Waals surface area contributed by atoms with Crippen LogP contribution in [-0.2, 0) is 6.54 Å². The summed E-state index contributed by atoms with van der Waals surface area (Å²) in [5.41, 5.74) is 3.55. The SMILES string of the molecule is CCC(CC)c1ccc(CNO)cc1F. The Balaban J connectivity index is 2.91. The largest absolute Gasteiger partial charge is 0.316 e. The third-order valence-electron chi connectivity index (χ3n) is 2.77. The molecule has 0 spiro atoms. The summed E-state index contributed by atoms with van der Waals surface area (Å²) in [6.07, 6.45) is 1.90. The minimum Gasteiger partial charge on any atom is -0.316 e. The predicted octanol–water partition coefficient (Wildman–Crippen LogP) is 3.21. The second-order valence-electron chi connectivity index (χ2n) is 3.70. The number of benzene rings is 1. The van der Waals surface area contributed by atoms with Crippen molar-refractivity contribution in [1.29, 1.82) is 0 Å². The topological polar surface area (TPSA) is 32.3 Å². The molecule has 0 aliphatic heterocycles. The normalized spacial score (nSPS) is 11.0. The lowest BCUT2D eigenvalue weighted by atomic mass is 9.93. The van der Waals surface area contributed by atoms with Crippen molar-refractivity contribution >= 4 is 0 Å². The van der Waals surface area contributed by atoms with Crippen LogP contribution in [0.1, 0.15) is 43.7 Å². The maximum Gasteiger partial charge on any atom is 0.127 e. The maximum absolute atomic E-state index is 13.7. The second kappa shape index (κ2) is 5.83. The summed E-state index contributed by atoms with van der Waals surface area (Å²) in [5.74, 6) is 0.123. The zero-order chi connectivity index (χ0) is 11.3. The average Bonchev–Trinajstić information content (AvgIpc) is 2.23. The van der Waals surface area contributed by atoms with Crippen molar-refractivity contribution in [3.8, 4) is 0 Å². The van der Waals surface area contributed by atoms with Crippen molar-refractivity contribution < 1.29 is 9.60 Å². The van der Waals surface area contributed by atoms with Crippen molar-refractivity contribution in [3.63, 3.8) is 0 Å². The molecule has 0 atom stereocenters. The highest BCUT2D eigenvalue weighted by Gasteiger charge is 2.12. The Bertz CT molecular complexity index is 310. The number of hydrogen-bond acceptors (Lipinski definition) is 2. The molecule has 1 rings (SSSR count). The van der Waals surface area contributed by atoms with Gasteiger partial charge in [0.25, 0.3) is 0 Å². The van der Waals surface area contributed by atoms with E-state index >= 15 is 0 Å². The number of rotatable bonds is 5. The van der Waals surface area contributed by atoms with E-state index in [9.17, 15) is 4.39 Å². The summed E-state index contributed by atoms with van der Waals surface area (Å²) in [7, 11) is 0. The van der Waals surface area contributed by atoms with Crippen LogP contribution in [-0.4, -0.2) is 5.21 Å². The van der Waals surface area contributed by atoms with Crippen molar-refractivity contribution in [1.82, 2.24) is 5.48 Å². The van der Waals surface area contributed by atoms with Crippen LogP contribution in [0.25, 0.3) is 0 Å². The molecule has 0 unspecified atom stereocenters. The molecule has 0 saturated carbocycles. The third kappa shape index (κ3) is 3.01. The van der Waals surface area contributed by atoms with E-state index in [1.807, 2.05) is 17.6 Å². The van der Waals surface area contributed by atoms with Crippen LogP contribution in [0.3, 0.4) is 0 Å². The van der Waals surface area contributed by atoms with Crippen LogP contribution in [0.2, 0.25) is 0 Å². The van der Waals surface area contributed by atoms with Crippen LogP contribution in [0.15, 0.2) is 18.2 Å². The molecule has 0 amide bonds. The summed E-state index contributed by atoms with van der Waals surface area (Å²) < 4.78 is 13.7. The molecule has 0 radical (unpaired) electrons. The quantitative estimate of drug-likeness (QED) is 0.733. The van der Waals surface area contributed by atoms with Crippen LogP contribution < -0.4 is 5.48 Å². The fourth-order valence-electron chi connectivity index (χ4n) is 1.83. The fraction of sp³-hybridized carbons (Fsp3) is 0.500. The van der Waals surface area contributed by atoms with E-state index in [1.54, 1.807) is 0 Å². The van der Waals surface area contributed by atoms with Gasteiger partial charge in [0, 0.05) is 6.54 Å². The van der Waals surface area contributed by atoms with Gasteiger partial charge in [0.05, 0.1) is 0 Å². The molecule has 0 fully saturated rings. The van der Waals surface area contributed by atoms with Crippen molar-refractivity contribution in [2.24, 2.45) is 0 Å². The summed E-state index contributed by atoms with van der Waals surface area (Å²) >= 11 is 0. The first kappa shape index (κ1) is 12.1. The van der Waals surface area contributed by atoms with Gasteiger partial charge in [0.1, 0.15) is 5.82 Å². The third-order valence-corrected chi connectivity index (χ3v) is 2.77. The van der Waals surface area contributed by atoms with Crippen molar-refractivity contribution in [2.45, 2.75) is 39.2 Å². The van der Waals surface area contributed by atoms with Crippen molar-refractivity contribution in [3.05, 3.63) is 35.1 Å². The standard InChI is InChI=1S/C12H18FNO/c1-3-10(4-2)11-6-5-9(8-14-15)7-12(11)13/h5-7,10,14-15H,3-4,8H2,1-2H3. The predicted molar refractivity (Wildman–Crippen MR) is 58.3 cm³/mol. The van der Waals surface area contributed by atoms with Gasteiger partial charge in [-0.1, -0.05) is 26.0 Å². The van der Waals surface area contributed by atoms with Gasteiger partial charge in [-0.15, -0.1) is 0 Å². The monoisotopic (exact) mass is 211 g/mol. The van der Waals surface area contributed by atoms with E-state index in [2.05, 4.69) is 13.8 Å². The van der Waals surface area contributed by atoms with E-state index < -0.39 is 0 Å². The Hall–Kier alpha value is -0.930. The Morgan fingerprint density at radius 2 is 2.00 bits per heavy atom. The molecule has 0 saturated heterocycles. The van der Waals surface area contributed by atoms with E-state index in [0.717, 1.165) is 24.0 Å². The fourth-order valence-corrected chi connectivity index (χ4v) is 1.83. The van der Waals surface area contributed by atoms with Crippen molar-refractivity contribution in [2.75, 3.05) is 0 Å². The molecular weight excluding hydrogens is 193 g/mol. The molecule has 0 aliphatic rings. The van der Waals surface area contributed by atoms with Gasteiger partial charge >= 0.3 is 0 Å². The van der Waals surface area contributed by atoms with Crippen LogP contribution in [0.4, 0.5) is 4.39 Å². The molecule has 15 heavy (non-hydrogen) atoms. The summed E-state index contributed by atoms with van der Waals surface area (Å²) in [5, 5.41) is 8.51. The van der Waals surface area contributed by atoms with Gasteiger partial charge in [-0.2, -0.15) is 0 Å². The molecule has 0 bridgehead atoms. The van der Waals surface area contributed by atoms with E-state index in [1.165, 1.54) is 6.07 Å². The lowest BCUT2D eigenvalue weighted by Crippen LogP contribution is -2.07. The first-order chi connectivity index (χ1) is 7.22.